The van der Waals surface area contributed by atoms with Crippen LogP contribution in [0.1, 0.15) is 53.2 Å². The molecule has 4 heteroatoms. The van der Waals surface area contributed by atoms with Crippen molar-refractivity contribution >= 4 is 5.91 Å². The van der Waals surface area contributed by atoms with Gasteiger partial charge in [0.2, 0.25) is 0 Å². The molecule has 3 rings (SSSR count). The van der Waals surface area contributed by atoms with Gasteiger partial charge in [-0.15, -0.1) is 0 Å². The normalized spacial score (nSPS) is 17.4. The number of amides is 1. The van der Waals surface area contributed by atoms with Crippen LogP contribution in [0.2, 0.25) is 0 Å². The van der Waals surface area contributed by atoms with Gasteiger partial charge in [0.1, 0.15) is 5.75 Å². The molecule has 0 bridgehead atoms. The van der Waals surface area contributed by atoms with Crippen LogP contribution in [0.5, 0.6) is 5.75 Å². The van der Waals surface area contributed by atoms with Crippen LogP contribution in [0.15, 0.2) is 48.5 Å². The fourth-order valence-corrected chi connectivity index (χ4v) is 3.41. The summed E-state index contributed by atoms with van der Waals surface area (Å²) in [5.74, 6) is 0.816. The van der Waals surface area contributed by atoms with Crippen molar-refractivity contribution in [2.75, 3.05) is 13.7 Å². The maximum Gasteiger partial charge on any atom is 0.254 e. The number of benzene rings is 2. The molecule has 128 valence electrons. The van der Waals surface area contributed by atoms with E-state index in [2.05, 4.69) is 6.07 Å². The Hall–Kier alpha value is -2.80. The van der Waals surface area contributed by atoms with Crippen molar-refractivity contribution in [2.24, 2.45) is 0 Å². The van der Waals surface area contributed by atoms with Gasteiger partial charge in [-0.1, -0.05) is 31.0 Å². The van der Waals surface area contributed by atoms with E-state index in [1.807, 2.05) is 29.2 Å². The molecule has 1 fully saturated rings. The molecule has 1 atom stereocenters. The zero-order chi connectivity index (χ0) is 17.6. The summed E-state index contributed by atoms with van der Waals surface area (Å²) < 4.78 is 5.24. The van der Waals surface area contributed by atoms with Crippen molar-refractivity contribution in [3.63, 3.8) is 0 Å². The van der Waals surface area contributed by atoms with Gasteiger partial charge in [0.05, 0.1) is 24.8 Å². The number of rotatable bonds is 3. The number of methoxy groups -OCH3 is 1. The van der Waals surface area contributed by atoms with Gasteiger partial charge in [0.15, 0.2) is 0 Å². The lowest BCUT2D eigenvalue weighted by Gasteiger charge is -2.30. The second kappa shape index (κ2) is 7.85. The number of nitrogens with zero attached hydrogens (tertiary/aromatic N) is 2. The molecule has 4 nitrogen and oxygen atoms in total. The summed E-state index contributed by atoms with van der Waals surface area (Å²) in [6.07, 6.45) is 4.21. The molecule has 2 aromatic carbocycles. The van der Waals surface area contributed by atoms with Gasteiger partial charge in [-0.3, -0.25) is 4.79 Å². The Labute approximate surface area is 148 Å². The Balaban J connectivity index is 1.91. The van der Waals surface area contributed by atoms with Crippen molar-refractivity contribution in [1.29, 1.82) is 5.26 Å². The fourth-order valence-electron chi connectivity index (χ4n) is 3.41. The summed E-state index contributed by atoms with van der Waals surface area (Å²) in [6, 6.07) is 17.1. The van der Waals surface area contributed by atoms with E-state index in [9.17, 15) is 4.79 Å². The number of hydrogen-bond acceptors (Lipinski definition) is 3. The molecule has 1 saturated heterocycles. The average Bonchev–Trinajstić information content (AvgIpc) is 2.93. The number of likely N-dealkylation sites (tertiary alicyclic amines) is 1. The highest BCUT2D eigenvalue weighted by Crippen LogP contribution is 2.32. The molecule has 0 radical (unpaired) electrons. The Morgan fingerprint density at radius 1 is 1.16 bits per heavy atom. The molecule has 1 unspecified atom stereocenters. The lowest BCUT2D eigenvalue weighted by atomic mass is 9.99. The smallest absolute Gasteiger partial charge is 0.254 e. The van der Waals surface area contributed by atoms with Crippen LogP contribution in [0.4, 0.5) is 0 Å². The first kappa shape index (κ1) is 17.0. The third kappa shape index (κ3) is 3.83. The molecule has 0 N–H and O–H groups in total. The molecule has 1 heterocycles. The molecule has 1 aliphatic heterocycles. The van der Waals surface area contributed by atoms with Crippen LogP contribution < -0.4 is 4.74 Å². The highest BCUT2D eigenvalue weighted by molar-refractivity contribution is 5.94. The molecule has 0 aromatic heterocycles. The molecular formula is C21H22N2O2. The number of nitriles is 1. The topological polar surface area (TPSA) is 53.3 Å². The Morgan fingerprint density at radius 2 is 1.96 bits per heavy atom. The van der Waals surface area contributed by atoms with E-state index in [1.165, 1.54) is 0 Å². The van der Waals surface area contributed by atoms with E-state index in [-0.39, 0.29) is 11.9 Å². The lowest BCUT2D eigenvalue weighted by Crippen LogP contribution is -2.34. The van der Waals surface area contributed by atoms with Crippen molar-refractivity contribution in [3.8, 4) is 11.8 Å². The van der Waals surface area contributed by atoms with Crippen molar-refractivity contribution in [2.45, 2.75) is 31.7 Å². The Kier molecular flexibility index (Phi) is 5.35. The summed E-state index contributed by atoms with van der Waals surface area (Å²) in [7, 11) is 1.65. The Morgan fingerprint density at radius 3 is 2.68 bits per heavy atom. The largest absolute Gasteiger partial charge is 0.497 e. The van der Waals surface area contributed by atoms with E-state index in [0.717, 1.165) is 43.5 Å². The van der Waals surface area contributed by atoms with Gasteiger partial charge in [0.25, 0.3) is 5.91 Å². The van der Waals surface area contributed by atoms with Crippen molar-refractivity contribution in [1.82, 2.24) is 4.90 Å². The summed E-state index contributed by atoms with van der Waals surface area (Å²) in [5, 5.41) is 9.09. The molecule has 0 saturated carbocycles. The highest BCUT2D eigenvalue weighted by atomic mass is 16.5. The molecule has 1 aliphatic rings. The van der Waals surface area contributed by atoms with Gasteiger partial charge in [0, 0.05) is 12.1 Å². The van der Waals surface area contributed by atoms with E-state index in [4.69, 9.17) is 10.00 Å². The summed E-state index contributed by atoms with van der Waals surface area (Å²) in [5.41, 5.74) is 2.23. The highest BCUT2D eigenvalue weighted by Gasteiger charge is 2.27. The first-order chi connectivity index (χ1) is 12.2. The van der Waals surface area contributed by atoms with Crippen LogP contribution in [-0.4, -0.2) is 24.5 Å². The van der Waals surface area contributed by atoms with E-state index in [1.54, 1.807) is 31.4 Å². The van der Waals surface area contributed by atoms with E-state index in [0.29, 0.717) is 11.1 Å². The summed E-state index contributed by atoms with van der Waals surface area (Å²) in [4.78, 5) is 15.1. The summed E-state index contributed by atoms with van der Waals surface area (Å²) in [6.45, 7) is 0.742. The number of carbonyl (C=O) groups is 1. The third-order valence-electron chi connectivity index (χ3n) is 4.75. The molecule has 2 aromatic rings. The van der Waals surface area contributed by atoms with E-state index < -0.39 is 0 Å². The van der Waals surface area contributed by atoms with Crippen LogP contribution >= 0.6 is 0 Å². The molecule has 1 amide bonds. The first-order valence-electron chi connectivity index (χ1n) is 8.68. The van der Waals surface area contributed by atoms with Gasteiger partial charge >= 0.3 is 0 Å². The van der Waals surface area contributed by atoms with Gasteiger partial charge in [-0.25, -0.2) is 0 Å². The van der Waals surface area contributed by atoms with Crippen molar-refractivity contribution < 1.29 is 9.53 Å². The predicted molar refractivity (Wildman–Crippen MR) is 96.4 cm³/mol. The molecular weight excluding hydrogens is 312 g/mol. The van der Waals surface area contributed by atoms with Gasteiger partial charge in [-0.05, 0) is 48.7 Å². The van der Waals surface area contributed by atoms with Crippen molar-refractivity contribution in [3.05, 3.63) is 65.2 Å². The number of hydrogen-bond donors (Lipinski definition) is 0. The fraction of sp³-hybridized carbons (Fsp3) is 0.333. The quantitative estimate of drug-likeness (QED) is 0.840. The van der Waals surface area contributed by atoms with Gasteiger partial charge in [-0.2, -0.15) is 5.26 Å². The molecule has 25 heavy (non-hydrogen) atoms. The zero-order valence-electron chi connectivity index (χ0n) is 14.4. The van der Waals surface area contributed by atoms with Crippen LogP contribution in [-0.2, 0) is 0 Å². The standard InChI is InChI=1S/C21H22N2O2/c1-25-19-11-9-17(10-12-19)20-8-3-2-4-13-23(20)21(24)18-7-5-6-16(14-18)15-22/h5-7,9-12,14,20H,2-4,8,13H2,1H3. The number of ether oxygens (including phenoxy) is 1. The van der Waals surface area contributed by atoms with Gasteiger partial charge < -0.3 is 9.64 Å². The second-order valence-corrected chi connectivity index (χ2v) is 6.33. The van der Waals surface area contributed by atoms with Crippen LogP contribution in [0.25, 0.3) is 0 Å². The maximum atomic E-state index is 13.1. The SMILES string of the molecule is COc1ccc(C2CCCCCN2C(=O)c2cccc(C#N)c2)cc1. The Bertz CT molecular complexity index is 777. The monoisotopic (exact) mass is 334 g/mol. The minimum atomic E-state index is -0.000168. The van der Waals surface area contributed by atoms with Crippen LogP contribution in [0.3, 0.4) is 0 Å². The minimum Gasteiger partial charge on any atom is -0.497 e. The molecule has 0 spiro atoms. The number of carbonyl (C=O) groups excluding carboxylic acids is 1. The minimum absolute atomic E-state index is 0.000168. The predicted octanol–water partition coefficient (Wildman–Crippen LogP) is 4.32. The average molecular weight is 334 g/mol. The second-order valence-electron chi connectivity index (χ2n) is 6.33. The van der Waals surface area contributed by atoms with Crippen LogP contribution in [0, 0.1) is 11.3 Å². The van der Waals surface area contributed by atoms with E-state index >= 15 is 0 Å². The molecule has 0 aliphatic carbocycles. The zero-order valence-corrected chi connectivity index (χ0v) is 14.4. The maximum absolute atomic E-state index is 13.1. The first-order valence-corrected chi connectivity index (χ1v) is 8.68. The summed E-state index contributed by atoms with van der Waals surface area (Å²) >= 11 is 0. The third-order valence-corrected chi connectivity index (χ3v) is 4.75. The lowest BCUT2D eigenvalue weighted by molar-refractivity contribution is 0.0681.